The molecule has 0 bridgehead atoms. The zero-order valence-electron chi connectivity index (χ0n) is 11.4. The molecule has 0 heterocycles. The lowest BCUT2D eigenvalue weighted by atomic mass is 10.2. The first-order valence-electron chi connectivity index (χ1n) is 6.13. The van der Waals surface area contributed by atoms with E-state index < -0.39 is 18.0 Å². The van der Waals surface area contributed by atoms with Crippen LogP contribution in [0.3, 0.4) is 0 Å². The van der Waals surface area contributed by atoms with Crippen molar-refractivity contribution in [3.63, 3.8) is 0 Å². The van der Waals surface area contributed by atoms with Gasteiger partial charge in [-0.25, -0.2) is 0 Å². The Balaban J connectivity index is 0. The number of hydrogen-bond donors (Lipinski definition) is 4. The van der Waals surface area contributed by atoms with E-state index in [2.05, 4.69) is 0 Å². The summed E-state index contributed by atoms with van der Waals surface area (Å²) >= 11 is 0. The van der Waals surface area contributed by atoms with Crippen molar-refractivity contribution in [2.45, 2.75) is 51.7 Å². The Morgan fingerprint density at radius 3 is 1.74 bits per heavy atom. The summed E-state index contributed by atoms with van der Waals surface area (Å²) in [4.78, 5) is 19.8. The molecule has 0 radical (unpaired) electrons. The Morgan fingerprint density at radius 2 is 1.47 bits per heavy atom. The van der Waals surface area contributed by atoms with Gasteiger partial charge in [-0.15, -0.1) is 0 Å². The number of ether oxygens (including phenoxy) is 1. The van der Waals surface area contributed by atoms with Crippen molar-refractivity contribution >= 4 is 11.9 Å². The second-order valence-corrected chi connectivity index (χ2v) is 4.17. The van der Waals surface area contributed by atoms with Crippen molar-refractivity contribution in [1.29, 1.82) is 0 Å². The second kappa shape index (κ2) is 13.3. The minimum absolute atomic E-state index is 0.00667. The monoisotopic (exact) mass is 280 g/mol. The van der Waals surface area contributed by atoms with Gasteiger partial charge >= 0.3 is 11.9 Å². The molecule has 0 fully saturated rings. The summed E-state index contributed by atoms with van der Waals surface area (Å²) in [6, 6.07) is 0. The van der Waals surface area contributed by atoms with Crippen LogP contribution in [0.2, 0.25) is 0 Å². The SMILES string of the molecule is CC(O)COC(C)CO.O=C(O)CCCCC(=O)O. The van der Waals surface area contributed by atoms with Crippen LogP contribution in [0, 0.1) is 0 Å². The highest BCUT2D eigenvalue weighted by molar-refractivity contribution is 5.67. The number of carbonyl (C=O) groups is 2. The molecule has 7 nitrogen and oxygen atoms in total. The largest absolute Gasteiger partial charge is 0.481 e. The minimum Gasteiger partial charge on any atom is -0.481 e. The van der Waals surface area contributed by atoms with Gasteiger partial charge in [0.05, 0.1) is 25.4 Å². The quantitative estimate of drug-likeness (QED) is 0.453. The first kappa shape index (κ1) is 20.1. The molecular formula is C12H24O7. The number of carboxylic acid groups (broad SMARTS) is 2. The maximum atomic E-state index is 9.90. The summed E-state index contributed by atoms with van der Waals surface area (Å²) in [5.74, 6) is -1.74. The number of rotatable bonds is 9. The van der Waals surface area contributed by atoms with Crippen molar-refractivity contribution in [2.75, 3.05) is 13.2 Å². The fourth-order valence-corrected chi connectivity index (χ4v) is 0.909. The highest BCUT2D eigenvalue weighted by Crippen LogP contribution is 1.98. The smallest absolute Gasteiger partial charge is 0.303 e. The van der Waals surface area contributed by atoms with Gasteiger partial charge in [0.1, 0.15) is 0 Å². The van der Waals surface area contributed by atoms with Gasteiger partial charge in [-0.05, 0) is 26.7 Å². The zero-order valence-corrected chi connectivity index (χ0v) is 11.4. The lowest BCUT2D eigenvalue weighted by molar-refractivity contribution is -0.139. The third-order valence-corrected chi connectivity index (χ3v) is 1.91. The molecule has 114 valence electrons. The molecule has 0 aromatic heterocycles. The number of unbranched alkanes of at least 4 members (excludes halogenated alkanes) is 1. The van der Waals surface area contributed by atoms with Crippen LogP contribution in [0.25, 0.3) is 0 Å². The van der Waals surface area contributed by atoms with E-state index in [9.17, 15) is 9.59 Å². The summed E-state index contributed by atoms with van der Waals surface area (Å²) in [7, 11) is 0. The summed E-state index contributed by atoms with van der Waals surface area (Å²) in [6.07, 6.45) is 0.405. The molecule has 0 aliphatic heterocycles. The van der Waals surface area contributed by atoms with E-state index in [4.69, 9.17) is 25.2 Å². The number of aliphatic hydroxyl groups is 2. The van der Waals surface area contributed by atoms with Gasteiger partial charge in [0.2, 0.25) is 0 Å². The fraction of sp³-hybridized carbons (Fsp3) is 0.833. The van der Waals surface area contributed by atoms with Crippen molar-refractivity contribution in [1.82, 2.24) is 0 Å². The van der Waals surface area contributed by atoms with Gasteiger partial charge in [0.15, 0.2) is 0 Å². The average molecular weight is 280 g/mol. The second-order valence-electron chi connectivity index (χ2n) is 4.17. The topological polar surface area (TPSA) is 124 Å². The van der Waals surface area contributed by atoms with Crippen molar-refractivity contribution in [3.8, 4) is 0 Å². The number of aliphatic hydroxyl groups excluding tert-OH is 2. The number of hydrogen-bond acceptors (Lipinski definition) is 5. The Hall–Kier alpha value is -1.18. The van der Waals surface area contributed by atoms with Crippen LogP contribution in [0.15, 0.2) is 0 Å². The number of carboxylic acids is 2. The molecule has 0 aromatic rings. The Morgan fingerprint density at radius 1 is 1.05 bits per heavy atom. The van der Waals surface area contributed by atoms with Crippen molar-refractivity contribution in [2.24, 2.45) is 0 Å². The zero-order chi connectivity index (χ0) is 15.3. The Bertz CT molecular complexity index is 224. The summed E-state index contributed by atoms with van der Waals surface area (Å²) in [5, 5.41) is 33.4. The standard InChI is InChI=1S/C6H10O4.C6H14O3/c7-5(8)3-1-2-4-6(9)10;1-5(8)4-9-6(2)3-7/h1-4H2,(H,7,8)(H,9,10);5-8H,3-4H2,1-2H3. The first-order valence-corrected chi connectivity index (χ1v) is 6.13. The van der Waals surface area contributed by atoms with Crippen LogP contribution >= 0.6 is 0 Å². The maximum Gasteiger partial charge on any atom is 0.303 e. The minimum atomic E-state index is -0.870. The van der Waals surface area contributed by atoms with Gasteiger partial charge in [-0.1, -0.05) is 0 Å². The highest BCUT2D eigenvalue weighted by Gasteiger charge is 2.01. The molecule has 4 N–H and O–H groups in total. The third kappa shape index (κ3) is 22.5. The molecule has 19 heavy (non-hydrogen) atoms. The van der Waals surface area contributed by atoms with Crippen molar-refractivity contribution < 1.29 is 34.8 Å². The van der Waals surface area contributed by atoms with E-state index in [0.29, 0.717) is 19.4 Å². The van der Waals surface area contributed by atoms with E-state index in [1.807, 2.05) is 0 Å². The molecule has 7 heteroatoms. The van der Waals surface area contributed by atoms with E-state index >= 15 is 0 Å². The normalized spacial score (nSPS) is 13.1. The van der Waals surface area contributed by atoms with E-state index in [1.54, 1.807) is 13.8 Å². The molecule has 0 rings (SSSR count). The van der Waals surface area contributed by atoms with Crippen LogP contribution in [0.4, 0.5) is 0 Å². The summed E-state index contributed by atoms with van der Waals surface area (Å²) < 4.78 is 4.95. The lowest BCUT2D eigenvalue weighted by Crippen LogP contribution is -2.19. The summed E-state index contributed by atoms with van der Waals surface area (Å²) in [5.41, 5.74) is 0. The lowest BCUT2D eigenvalue weighted by Gasteiger charge is -2.10. The van der Waals surface area contributed by atoms with E-state index in [-0.39, 0.29) is 25.6 Å². The molecular weight excluding hydrogens is 256 g/mol. The molecule has 0 saturated carbocycles. The molecule has 0 saturated heterocycles. The van der Waals surface area contributed by atoms with Crippen LogP contribution in [-0.2, 0) is 14.3 Å². The molecule has 0 spiro atoms. The number of aliphatic carboxylic acids is 2. The first-order chi connectivity index (χ1) is 8.79. The van der Waals surface area contributed by atoms with Gasteiger partial charge in [-0.3, -0.25) is 9.59 Å². The molecule has 2 unspecified atom stereocenters. The van der Waals surface area contributed by atoms with Gasteiger partial charge < -0.3 is 25.2 Å². The molecule has 2 atom stereocenters. The molecule has 0 amide bonds. The predicted octanol–water partition coefficient (Wildman–Crippen LogP) is 0.481. The van der Waals surface area contributed by atoms with Gasteiger partial charge in [0, 0.05) is 12.8 Å². The molecule has 0 aromatic carbocycles. The van der Waals surface area contributed by atoms with Crippen LogP contribution in [0.5, 0.6) is 0 Å². The molecule has 0 aliphatic rings. The van der Waals surface area contributed by atoms with E-state index in [1.165, 1.54) is 0 Å². The Labute approximate surface area is 112 Å². The van der Waals surface area contributed by atoms with Crippen LogP contribution < -0.4 is 0 Å². The van der Waals surface area contributed by atoms with Gasteiger partial charge in [0.25, 0.3) is 0 Å². The van der Waals surface area contributed by atoms with E-state index in [0.717, 1.165) is 0 Å². The predicted molar refractivity (Wildman–Crippen MR) is 67.9 cm³/mol. The average Bonchev–Trinajstić information content (AvgIpc) is 2.32. The fourth-order valence-electron chi connectivity index (χ4n) is 0.909. The highest BCUT2D eigenvalue weighted by atomic mass is 16.5. The van der Waals surface area contributed by atoms with Crippen molar-refractivity contribution in [3.05, 3.63) is 0 Å². The maximum absolute atomic E-state index is 9.90. The van der Waals surface area contributed by atoms with Crippen LogP contribution in [0.1, 0.15) is 39.5 Å². The molecule has 0 aliphatic carbocycles. The van der Waals surface area contributed by atoms with Gasteiger partial charge in [-0.2, -0.15) is 0 Å². The summed E-state index contributed by atoms with van der Waals surface area (Å²) in [6.45, 7) is 3.70. The Kier molecular flexibility index (Phi) is 14.1. The third-order valence-electron chi connectivity index (χ3n) is 1.91. The van der Waals surface area contributed by atoms with Crippen LogP contribution in [-0.4, -0.2) is 57.8 Å².